The van der Waals surface area contributed by atoms with Crippen LogP contribution in [0, 0.1) is 16.7 Å². The first-order valence-corrected chi connectivity index (χ1v) is 5.89. The molecule has 1 rings (SSSR count). The molecule has 0 bridgehead atoms. The van der Waals surface area contributed by atoms with Gasteiger partial charge in [-0.25, -0.2) is 0 Å². The van der Waals surface area contributed by atoms with Gasteiger partial charge in [0.2, 0.25) is 0 Å². The van der Waals surface area contributed by atoms with Gasteiger partial charge >= 0.3 is 5.97 Å². The zero-order chi connectivity index (χ0) is 12.0. The Hall–Kier alpha value is -1.08. The zero-order valence-electron chi connectivity index (χ0n) is 9.74. The predicted molar refractivity (Wildman–Crippen MR) is 58.4 cm³/mol. The second-order valence-electron chi connectivity index (χ2n) is 4.30. The number of nitrogens with zero attached hydrogens (tertiary/aromatic N) is 1. The number of nitriles is 1. The Kier molecular flexibility index (Phi) is 4.75. The monoisotopic (exact) mass is 225 g/mol. The molecule has 1 aliphatic carbocycles. The average Bonchev–Trinajstić information content (AvgIpc) is 2.28. The normalized spacial score (nSPS) is 29.4. The topological polar surface area (TPSA) is 70.3 Å². The van der Waals surface area contributed by atoms with Crippen LogP contribution >= 0.6 is 0 Å². The molecule has 0 aromatic carbocycles. The standard InChI is InChI=1S/C12H19NO3/c1-2-16-11(15)12(8-5-9-13)7-4-3-6-10(12)14/h10,14H,2-8H2,1H3/t10-,12-/m1/s1. The summed E-state index contributed by atoms with van der Waals surface area (Å²) >= 11 is 0. The number of ether oxygens (including phenoxy) is 1. The van der Waals surface area contributed by atoms with Crippen LogP contribution in [-0.2, 0) is 9.53 Å². The SMILES string of the molecule is CCOC(=O)[C@@]1(CCC#N)CCCC[C@H]1O. The second-order valence-corrected chi connectivity index (χ2v) is 4.30. The van der Waals surface area contributed by atoms with Crippen molar-refractivity contribution in [1.82, 2.24) is 0 Å². The van der Waals surface area contributed by atoms with Gasteiger partial charge in [0.1, 0.15) is 0 Å². The molecule has 4 heteroatoms. The molecule has 4 nitrogen and oxygen atoms in total. The molecule has 2 atom stereocenters. The maximum atomic E-state index is 11.9. The van der Waals surface area contributed by atoms with Crippen LogP contribution in [0.4, 0.5) is 0 Å². The van der Waals surface area contributed by atoms with Crippen molar-refractivity contribution >= 4 is 5.97 Å². The number of rotatable bonds is 4. The molecule has 0 aromatic heterocycles. The van der Waals surface area contributed by atoms with Crippen molar-refractivity contribution in [2.75, 3.05) is 6.61 Å². The largest absolute Gasteiger partial charge is 0.465 e. The van der Waals surface area contributed by atoms with Crippen LogP contribution in [0.1, 0.15) is 45.4 Å². The van der Waals surface area contributed by atoms with Gasteiger partial charge in [-0.15, -0.1) is 0 Å². The van der Waals surface area contributed by atoms with Crippen LogP contribution in [-0.4, -0.2) is 23.8 Å². The van der Waals surface area contributed by atoms with Gasteiger partial charge in [-0.05, 0) is 26.2 Å². The quantitative estimate of drug-likeness (QED) is 0.740. The van der Waals surface area contributed by atoms with Crippen molar-refractivity contribution in [3.05, 3.63) is 0 Å². The molecule has 0 saturated heterocycles. The number of esters is 1. The first-order valence-electron chi connectivity index (χ1n) is 5.89. The van der Waals surface area contributed by atoms with E-state index in [9.17, 15) is 9.90 Å². The highest BCUT2D eigenvalue weighted by molar-refractivity contribution is 5.77. The summed E-state index contributed by atoms with van der Waals surface area (Å²) in [6.07, 6.45) is 3.16. The Morgan fingerprint density at radius 3 is 2.94 bits per heavy atom. The van der Waals surface area contributed by atoms with E-state index in [1.54, 1.807) is 6.92 Å². The smallest absolute Gasteiger partial charge is 0.314 e. The van der Waals surface area contributed by atoms with Crippen LogP contribution in [0.15, 0.2) is 0 Å². The van der Waals surface area contributed by atoms with Crippen LogP contribution < -0.4 is 0 Å². The predicted octanol–water partition coefficient (Wildman–Crippen LogP) is 1.77. The van der Waals surface area contributed by atoms with Gasteiger partial charge in [-0.2, -0.15) is 5.26 Å². The van der Waals surface area contributed by atoms with Crippen molar-refractivity contribution in [1.29, 1.82) is 5.26 Å². The Morgan fingerprint density at radius 2 is 2.38 bits per heavy atom. The molecule has 1 N–H and O–H groups in total. The van der Waals surface area contributed by atoms with E-state index in [1.807, 2.05) is 6.07 Å². The number of aliphatic hydroxyl groups is 1. The third-order valence-corrected chi connectivity index (χ3v) is 3.35. The van der Waals surface area contributed by atoms with E-state index in [1.165, 1.54) is 0 Å². The first kappa shape index (κ1) is 13.0. The molecule has 0 radical (unpaired) electrons. The lowest BCUT2D eigenvalue weighted by molar-refractivity contribution is -0.167. The maximum Gasteiger partial charge on any atom is 0.314 e. The van der Waals surface area contributed by atoms with E-state index in [0.717, 1.165) is 12.8 Å². The van der Waals surface area contributed by atoms with Crippen molar-refractivity contribution in [2.24, 2.45) is 5.41 Å². The number of aliphatic hydroxyl groups excluding tert-OH is 1. The van der Waals surface area contributed by atoms with Gasteiger partial charge in [0, 0.05) is 6.42 Å². The Bertz CT molecular complexity index is 284. The van der Waals surface area contributed by atoms with Gasteiger partial charge in [-0.3, -0.25) is 4.79 Å². The lowest BCUT2D eigenvalue weighted by atomic mass is 9.69. The highest BCUT2D eigenvalue weighted by Gasteiger charge is 2.47. The molecule has 1 fully saturated rings. The van der Waals surface area contributed by atoms with E-state index in [4.69, 9.17) is 10.00 Å². The summed E-state index contributed by atoms with van der Waals surface area (Å²) in [7, 11) is 0. The first-order chi connectivity index (χ1) is 7.67. The molecule has 0 spiro atoms. The lowest BCUT2D eigenvalue weighted by Gasteiger charge is -2.38. The van der Waals surface area contributed by atoms with Crippen LogP contribution in [0.25, 0.3) is 0 Å². The summed E-state index contributed by atoms with van der Waals surface area (Å²) in [5, 5.41) is 18.7. The zero-order valence-corrected chi connectivity index (χ0v) is 9.74. The minimum Gasteiger partial charge on any atom is -0.465 e. The van der Waals surface area contributed by atoms with Gasteiger partial charge in [0.15, 0.2) is 0 Å². The van der Waals surface area contributed by atoms with Crippen molar-refractivity contribution in [3.63, 3.8) is 0 Å². The van der Waals surface area contributed by atoms with Gasteiger partial charge in [0.25, 0.3) is 0 Å². The maximum absolute atomic E-state index is 11.9. The Labute approximate surface area is 96.2 Å². The summed E-state index contributed by atoms with van der Waals surface area (Å²) in [5.41, 5.74) is -0.829. The fourth-order valence-electron chi connectivity index (χ4n) is 2.41. The van der Waals surface area contributed by atoms with Crippen molar-refractivity contribution < 1.29 is 14.6 Å². The van der Waals surface area contributed by atoms with E-state index in [0.29, 0.717) is 25.9 Å². The minimum absolute atomic E-state index is 0.288. The summed E-state index contributed by atoms with van der Waals surface area (Å²) in [6, 6.07) is 2.04. The van der Waals surface area contributed by atoms with Crippen molar-refractivity contribution in [2.45, 2.75) is 51.6 Å². The molecule has 90 valence electrons. The third kappa shape index (κ3) is 2.53. The Balaban J connectivity index is 2.81. The van der Waals surface area contributed by atoms with Crippen LogP contribution in [0.3, 0.4) is 0 Å². The van der Waals surface area contributed by atoms with Gasteiger partial charge < -0.3 is 9.84 Å². The molecule has 1 aliphatic rings. The summed E-state index contributed by atoms with van der Waals surface area (Å²) in [6.45, 7) is 2.07. The number of hydrogen-bond donors (Lipinski definition) is 1. The lowest BCUT2D eigenvalue weighted by Crippen LogP contribution is -2.45. The third-order valence-electron chi connectivity index (χ3n) is 3.35. The fourth-order valence-corrected chi connectivity index (χ4v) is 2.41. The van der Waals surface area contributed by atoms with E-state index in [-0.39, 0.29) is 12.4 Å². The molecule has 16 heavy (non-hydrogen) atoms. The Morgan fingerprint density at radius 1 is 1.62 bits per heavy atom. The molecular weight excluding hydrogens is 206 g/mol. The fraction of sp³-hybridized carbons (Fsp3) is 0.833. The number of hydrogen-bond acceptors (Lipinski definition) is 4. The van der Waals surface area contributed by atoms with Gasteiger partial charge in [-0.1, -0.05) is 12.8 Å². The van der Waals surface area contributed by atoms with Crippen LogP contribution in [0.5, 0.6) is 0 Å². The molecule has 0 aromatic rings. The van der Waals surface area contributed by atoms with E-state index in [2.05, 4.69) is 0 Å². The summed E-state index contributed by atoms with van der Waals surface area (Å²) in [5.74, 6) is -0.336. The molecule has 0 unspecified atom stereocenters. The molecule has 0 aliphatic heterocycles. The minimum atomic E-state index is -0.829. The number of carbonyl (C=O) groups excluding carboxylic acids is 1. The highest BCUT2D eigenvalue weighted by atomic mass is 16.5. The highest BCUT2D eigenvalue weighted by Crippen LogP contribution is 2.41. The molecule has 0 amide bonds. The molecule has 0 heterocycles. The van der Waals surface area contributed by atoms with Gasteiger partial charge in [0.05, 0.1) is 24.2 Å². The second kappa shape index (κ2) is 5.86. The summed E-state index contributed by atoms with van der Waals surface area (Å²) < 4.78 is 5.04. The van der Waals surface area contributed by atoms with E-state index < -0.39 is 11.5 Å². The van der Waals surface area contributed by atoms with Crippen molar-refractivity contribution in [3.8, 4) is 6.07 Å². The summed E-state index contributed by atoms with van der Waals surface area (Å²) in [4.78, 5) is 11.9. The number of carbonyl (C=O) groups is 1. The van der Waals surface area contributed by atoms with Crippen LogP contribution in [0.2, 0.25) is 0 Å². The van der Waals surface area contributed by atoms with E-state index >= 15 is 0 Å². The molecular formula is C12H19NO3. The molecule has 1 saturated carbocycles. The average molecular weight is 225 g/mol.